The van der Waals surface area contributed by atoms with Gasteiger partial charge in [0, 0.05) is 23.0 Å². The first-order chi connectivity index (χ1) is 13.0. The van der Waals surface area contributed by atoms with Gasteiger partial charge in [-0.15, -0.1) is 0 Å². The van der Waals surface area contributed by atoms with E-state index >= 15 is 0 Å². The number of phenolic OH excluding ortho intramolecular Hbond substituents is 1. The molecule has 0 saturated heterocycles. The maximum atomic E-state index is 11.8. The van der Waals surface area contributed by atoms with Crippen molar-refractivity contribution >= 4 is 32.9 Å². The maximum Gasteiger partial charge on any atom is 0.307 e. The number of imidazole rings is 1. The first kappa shape index (κ1) is 18.0. The molecule has 0 bridgehead atoms. The lowest BCUT2D eigenvalue weighted by atomic mass is 9.78. The van der Waals surface area contributed by atoms with E-state index in [1.54, 1.807) is 12.1 Å². The Labute approximate surface area is 165 Å². The Kier molecular flexibility index (Phi) is 4.91. The van der Waals surface area contributed by atoms with Crippen LogP contribution in [0.4, 0.5) is 0 Å². The molecule has 2 atom stereocenters. The fourth-order valence-corrected chi connectivity index (χ4v) is 4.36. The molecule has 2 unspecified atom stereocenters. The van der Waals surface area contributed by atoms with Crippen molar-refractivity contribution in [3.05, 3.63) is 58.3 Å². The molecule has 1 aromatic heterocycles. The second kappa shape index (κ2) is 7.35. The molecular weight excluding hydrogens is 408 g/mol. The maximum absolute atomic E-state index is 11.8. The molecule has 1 saturated carbocycles. The van der Waals surface area contributed by atoms with Crippen LogP contribution in [0, 0.1) is 5.92 Å². The highest BCUT2D eigenvalue weighted by Gasteiger charge is 2.35. The van der Waals surface area contributed by atoms with E-state index < -0.39 is 11.9 Å². The number of aromatic hydroxyl groups is 1. The lowest BCUT2D eigenvalue weighted by molar-refractivity contribution is -0.143. The van der Waals surface area contributed by atoms with Gasteiger partial charge in [-0.3, -0.25) is 4.79 Å². The lowest BCUT2D eigenvalue weighted by Crippen LogP contribution is -2.27. The molecule has 6 heteroatoms. The van der Waals surface area contributed by atoms with Crippen LogP contribution >= 0.6 is 15.9 Å². The van der Waals surface area contributed by atoms with E-state index in [0.717, 1.165) is 40.6 Å². The van der Waals surface area contributed by atoms with Gasteiger partial charge in [-0.1, -0.05) is 40.9 Å². The van der Waals surface area contributed by atoms with Crippen LogP contribution in [-0.2, 0) is 11.3 Å². The van der Waals surface area contributed by atoms with Crippen molar-refractivity contribution in [2.45, 2.75) is 38.1 Å². The van der Waals surface area contributed by atoms with Crippen LogP contribution in [0.3, 0.4) is 0 Å². The van der Waals surface area contributed by atoms with E-state index in [-0.39, 0.29) is 11.7 Å². The number of hydrogen-bond acceptors (Lipinski definition) is 3. The molecule has 0 spiro atoms. The van der Waals surface area contributed by atoms with Gasteiger partial charge in [-0.05, 0) is 42.7 Å². The van der Waals surface area contributed by atoms with E-state index in [2.05, 4.69) is 32.6 Å². The number of aromatic nitrogens is 2. The van der Waals surface area contributed by atoms with Gasteiger partial charge in [0.25, 0.3) is 0 Å². The molecule has 3 aromatic rings. The number of fused-ring (bicyclic) bond motifs is 1. The second-order valence-corrected chi connectivity index (χ2v) is 8.11. The minimum absolute atomic E-state index is 0.110. The SMILES string of the molecule is O=C(O)C1CCCCC1c1nc2cc(O)ccc2n1Cc1ccc(Br)cc1. The summed E-state index contributed by atoms with van der Waals surface area (Å²) in [5.74, 6) is -0.287. The predicted octanol–water partition coefficient (Wildman–Crippen LogP) is 4.91. The van der Waals surface area contributed by atoms with Crippen LogP contribution in [-0.4, -0.2) is 25.7 Å². The van der Waals surface area contributed by atoms with Crippen LogP contribution in [0.1, 0.15) is 43.0 Å². The van der Waals surface area contributed by atoms with Gasteiger partial charge in [-0.25, -0.2) is 4.98 Å². The van der Waals surface area contributed by atoms with Gasteiger partial charge in [0.15, 0.2) is 0 Å². The molecule has 2 aromatic carbocycles. The monoisotopic (exact) mass is 428 g/mol. The van der Waals surface area contributed by atoms with E-state index in [1.165, 1.54) is 0 Å². The van der Waals surface area contributed by atoms with Crippen molar-refractivity contribution in [1.82, 2.24) is 9.55 Å². The van der Waals surface area contributed by atoms with Gasteiger partial charge in [0.1, 0.15) is 11.6 Å². The minimum atomic E-state index is -0.746. The predicted molar refractivity (Wildman–Crippen MR) is 107 cm³/mol. The average molecular weight is 429 g/mol. The first-order valence-electron chi connectivity index (χ1n) is 9.19. The number of carboxylic acid groups (broad SMARTS) is 1. The van der Waals surface area contributed by atoms with Crippen molar-refractivity contribution in [2.24, 2.45) is 5.92 Å². The normalized spacial score (nSPS) is 20.0. The smallest absolute Gasteiger partial charge is 0.307 e. The van der Waals surface area contributed by atoms with Crippen molar-refractivity contribution in [3.8, 4) is 5.75 Å². The molecule has 0 radical (unpaired) electrons. The van der Waals surface area contributed by atoms with Gasteiger partial charge < -0.3 is 14.8 Å². The van der Waals surface area contributed by atoms with Crippen molar-refractivity contribution < 1.29 is 15.0 Å². The Bertz CT molecular complexity index is 981. The molecule has 140 valence electrons. The van der Waals surface area contributed by atoms with Crippen LogP contribution in [0.15, 0.2) is 46.9 Å². The standard InChI is InChI=1S/C21H21BrN2O3/c22-14-7-5-13(6-8-14)12-24-19-10-9-15(25)11-18(19)23-20(24)16-3-1-2-4-17(16)21(26)27/h5-11,16-17,25H,1-4,12H2,(H,26,27). The number of phenols is 1. The highest BCUT2D eigenvalue weighted by atomic mass is 79.9. The highest BCUT2D eigenvalue weighted by Crippen LogP contribution is 2.39. The van der Waals surface area contributed by atoms with E-state index in [9.17, 15) is 15.0 Å². The summed E-state index contributed by atoms with van der Waals surface area (Å²) in [4.78, 5) is 16.6. The van der Waals surface area contributed by atoms with Crippen LogP contribution < -0.4 is 0 Å². The summed E-state index contributed by atoms with van der Waals surface area (Å²) in [7, 11) is 0. The fraction of sp³-hybridized carbons (Fsp3) is 0.333. The highest BCUT2D eigenvalue weighted by molar-refractivity contribution is 9.10. The largest absolute Gasteiger partial charge is 0.508 e. The van der Waals surface area contributed by atoms with Crippen molar-refractivity contribution in [2.75, 3.05) is 0 Å². The van der Waals surface area contributed by atoms with Gasteiger partial charge in [-0.2, -0.15) is 0 Å². The number of halogens is 1. The zero-order valence-electron chi connectivity index (χ0n) is 14.8. The Morgan fingerprint density at radius 3 is 2.63 bits per heavy atom. The van der Waals surface area contributed by atoms with Crippen LogP contribution in [0.5, 0.6) is 5.75 Å². The summed E-state index contributed by atoms with van der Waals surface area (Å²) < 4.78 is 3.13. The third-order valence-electron chi connectivity index (χ3n) is 5.43. The van der Waals surface area contributed by atoms with E-state index in [0.29, 0.717) is 18.5 Å². The Balaban J connectivity index is 1.83. The number of hydrogen-bond donors (Lipinski definition) is 2. The molecule has 1 aliphatic carbocycles. The minimum Gasteiger partial charge on any atom is -0.508 e. The molecule has 27 heavy (non-hydrogen) atoms. The summed E-state index contributed by atoms with van der Waals surface area (Å²) >= 11 is 3.46. The van der Waals surface area contributed by atoms with E-state index in [1.807, 2.05) is 18.2 Å². The zero-order chi connectivity index (χ0) is 19.0. The Morgan fingerprint density at radius 2 is 1.89 bits per heavy atom. The summed E-state index contributed by atoms with van der Waals surface area (Å²) in [6.07, 6.45) is 3.47. The van der Waals surface area contributed by atoms with Gasteiger partial charge in [0.2, 0.25) is 0 Å². The number of carbonyl (C=O) groups is 1. The second-order valence-electron chi connectivity index (χ2n) is 7.19. The van der Waals surface area contributed by atoms with Gasteiger partial charge >= 0.3 is 5.97 Å². The first-order valence-corrected chi connectivity index (χ1v) is 9.98. The molecule has 4 rings (SSSR count). The molecule has 0 aliphatic heterocycles. The lowest BCUT2D eigenvalue weighted by Gasteiger charge is -2.28. The number of rotatable bonds is 4. The number of benzene rings is 2. The molecule has 5 nitrogen and oxygen atoms in total. The molecule has 1 heterocycles. The molecule has 2 N–H and O–H groups in total. The number of nitrogens with zero attached hydrogens (tertiary/aromatic N) is 2. The summed E-state index contributed by atoms with van der Waals surface area (Å²) in [6.45, 7) is 0.618. The fourth-order valence-electron chi connectivity index (χ4n) is 4.09. The van der Waals surface area contributed by atoms with Crippen LogP contribution in [0.25, 0.3) is 11.0 Å². The summed E-state index contributed by atoms with van der Waals surface area (Å²) in [6, 6.07) is 13.3. The number of carboxylic acids is 1. The Morgan fingerprint density at radius 1 is 1.15 bits per heavy atom. The topological polar surface area (TPSA) is 75.3 Å². The van der Waals surface area contributed by atoms with Crippen LogP contribution in [0.2, 0.25) is 0 Å². The third kappa shape index (κ3) is 3.58. The van der Waals surface area contributed by atoms with Crippen molar-refractivity contribution in [1.29, 1.82) is 0 Å². The van der Waals surface area contributed by atoms with E-state index in [4.69, 9.17) is 4.98 Å². The summed E-state index contributed by atoms with van der Waals surface area (Å²) in [5.41, 5.74) is 2.74. The molecular formula is C21H21BrN2O3. The third-order valence-corrected chi connectivity index (χ3v) is 5.96. The Hall–Kier alpha value is -2.34. The number of aliphatic carboxylic acids is 1. The molecule has 0 amide bonds. The summed E-state index contributed by atoms with van der Waals surface area (Å²) in [5, 5.41) is 19.6. The molecule has 1 aliphatic rings. The van der Waals surface area contributed by atoms with Gasteiger partial charge in [0.05, 0.1) is 17.0 Å². The zero-order valence-corrected chi connectivity index (χ0v) is 16.4. The quantitative estimate of drug-likeness (QED) is 0.618. The average Bonchev–Trinajstić information content (AvgIpc) is 3.01. The molecule has 1 fully saturated rings. The van der Waals surface area contributed by atoms with Crippen molar-refractivity contribution in [3.63, 3.8) is 0 Å².